The molecule has 0 N–H and O–H groups in total. The van der Waals surface area contributed by atoms with Crippen molar-refractivity contribution in [2.45, 2.75) is 7.43 Å². The normalized spacial score (nSPS) is 11.3. The lowest BCUT2D eigenvalue weighted by Gasteiger charge is -1.87. The lowest BCUT2D eigenvalue weighted by Crippen LogP contribution is -1.56. The second-order valence-electron chi connectivity index (χ2n) is 4.66. The maximum absolute atomic E-state index is 2.36. The molecule has 22 heavy (non-hydrogen) atoms. The molecule has 0 spiro atoms. The molecule has 110 valence electrons. The van der Waals surface area contributed by atoms with Gasteiger partial charge in [0.15, 0.2) is 0 Å². The Labute approximate surface area is 148 Å². The van der Waals surface area contributed by atoms with Crippen molar-refractivity contribution in [3.8, 4) is 19.5 Å². The molecular weight excluding hydrogens is 365 g/mol. The summed E-state index contributed by atoms with van der Waals surface area (Å²) in [5.74, 6) is 0. The van der Waals surface area contributed by atoms with E-state index in [0.717, 1.165) is 0 Å². The number of fused-ring (bicyclic) bond motifs is 3. The van der Waals surface area contributed by atoms with Gasteiger partial charge in [-0.2, -0.15) is 0 Å². The summed E-state index contributed by atoms with van der Waals surface area (Å²) >= 11 is 9.45. The number of hydrogen-bond acceptors (Lipinski definition) is 5. The molecule has 0 aliphatic carbocycles. The van der Waals surface area contributed by atoms with Crippen LogP contribution in [0.1, 0.15) is 7.43 Å². The van der Waals surface area contributed by atoms with Crippen LogP contribution in [0, 0.1) is 0 Å². The highest BCUT2D eigenvalue weighted by atomic mass is 32.1. The molecule has 0 aliphatic heterocycles. The van der Waals surface area contributed by atoms with Crippen LogP contribution in [0.5, 0.6) is 0 Å². The van der Waals surface area contributed by atoms with E-state index in [4.69, 9.17) is 0 Å². The predicted molar refractivity (Wildman–Crippen MR) is 108 cm³/mol. The van der Waals surface area contributed by atoms with Crippen molar-refractivity contribution in [2.75, 3.05) is 0 Å². The summed E-state index contributed by atoms with van der Waals surface area (Å²) in [4.78, 5) is 5.57. The molecule has 0 radical (unpaired) electrons. The van der Waals surface area contributed by atoms with E-state index in [1.165, 1.54) is 38.3 Å². The van der Waals surface area contributed by atoms with Gasteiger partial charge >= 0.3 is 0 Å². The number of thiophene rings is 5. The third-order valence-corrected chi connectivity index (χ3v) is 9.26. The van der Waals surface area contributed by atoms with Crippen molar-refractivity contribution in [1.82, 2.24) is 0 Å². The van der Waals surface area contributed by atoms with Gasteiger partial charge in [-0.1, -0.05) is 19.6 Å². The third-order valence-electron chi connectivity index (χ3n) is 3.35. The second kappa shape index (κ2) is 5.58. The van der Waals surface area contributed by atoms with Crippen molar-refractivity contribution in [3.63, 3.8) is 0 Å². The van der Waals surface area contributed by atoms with Crippen LogP contribution in [0.3, 0.4) is 0 Å². The monoisotopic (exact) mass is 376 g/mol. The van der Waals surface area contributed by atoms with Crippen LogP contribution in [0.2, 0.25) is 0 Å². The van der Waals surface area contributed by atoms with Gasteiger partial charge in [0.1, 0.15) is 0 Å². The van der Waals surface area contributed by atoms with E-state index in [0.29, 0.717) is 0 Å². The topological polar surface area (TPSA) is 0 Å². The molecule has 0 fully saturated rings. The van der Waals surface area contributed by atoms with Gasteiger partial charge in [0.2, 0.25) is 0 Å². The van der Waals surface area contributed by atoms with Crippen molar-refractivity contribution in [2.24, 2.45) is 0 Å². The molecular formula is C17H12S5. The van der Waals surface area contributed by atoms with Gasteiger partial charge in [0.25, 0.3) is 0 Å². The molecule has 0 saturated heterocycles. The van der Waals surface area contributed by atoms with Crippen molar-refractivity contribution < 1.29 is 0 Å². The molecule has 5 heteroatoms. The molecule has 0 bridgehead atoms. The fourth-order valence-electron chi connectivity index (χ4n) is 2.42. The molecule has 0 aliphatic rings. The first-order chi connectivity index (χ1) is 10.4. The van der Waals surface area contributed by atoms with Crippen LogP contribution in [0.25, 0.3) is 38.3 Å². The molecule has 0 saturated carbocycles. The van der Waals surface area contributed by atoms with Gasteiger partial charge in [-0.05, 0) is 35.0 Å². The zero-order valence-electron chi connectivity index (χ0n) is 10.7. The summed E-state index contributed by atoms with van der Waals surface area (Å²) in [5.41, 5.74) is 0. The minimum atomic E-state index is 0. The average Bonchev–Trinajstić information content (AvgIpc) is 3.25. The predicted octanol–water partition coefficient (Wildman–Crippen LogP) is 8.27. The van der Waals surface area contributed by atoms with Crippen LogP contribution < -0.4 is 0 Å². The summed E-state index contributed by atoms with van der Waals surface area (Å²) in [7, 11) is 0. The highest BCUT2D eigenvalue weighted by Gasteiger charge is 2.15. The molecule has 0 amide bonds. The quantitative estimate of drug-likeness (QED) is 0.291. The van der Waals surface area contributed by atoms with Crippen LogP contribution in [0.15, 0.2) is 47.2 Å². The minimum Gasteiger partial charge on any atom is -0.143 e. The molecule has 0 aromatic carbocycles. The van der Waals surface area contributed by atoms with Gasteiger partial charge in [0.05, 0.1) is 9.40 Å². The Balaban J connectivity index is 0.00000125. The Kier molecular flexibility index (Phi) is 3.71. The minimum absolute atomic E-state index is 0. The zero-order valence-corrected chi connectivity index (χ0v) is 14.7. The van der Waals surface area contributed by atoms with E-state index in [1.54, 1.807) is 0 Å². The Morgan fingerprint density at radius 1 is 0.591 bits per heavy atom. The zero-order chi connectivity index (χ0) is 13.8. The standard InChI is InChI=1S/C16H8S5.CH4/c1-3-9(17-5-1)11-7-13-15(20-11)16-14(19-13)8-12(21-16)10-4-2-6-18-10;/h1-8H;1H4. The molecule has 0 atom stereocenters. The van der Waals surface area contributed by atoms with E-state index in [1.807, 2.05) is 56.7 Å². The summed E-state index contributed by atoms with van der Waals surface area (Å²) in [6, 6.07) is 13.4. The fraction of sp³-hybridized carbons (Fsp3) is 0.0588. The largest absolute Gasteiger partial charge is 0.143 e. The van der Waals surface area contributed by atoms with E-state index >= 15 is 0 Å². The van der Waals surface area contributed by atoms with Crippen LogP contribution >= 0.6 is 56.7 Å². The van der Waals surface area contributed by atoms with E-state index in [9.17, 15) is 0 Å². The molecule has 0 nitrogen and oxygen atoms in total. The molecule has 5 rings (SSSR count). The van der Waals surface area contributed by atoms with Crippen molar-refractivity contribution in [3.05, 3.63) is 47.2 Å². The van der Waals surface area contributed by atoms with E-state index in [2.05, 4.69) is 47.2 Å². The van der Waals surface area contributed by atoms with Gasteiger partial charge < -0.3 is 0 Å². The number of hydrogen-bond donors (Lipinski definition) is 0. The van der Waals surface area contributed by atoms with Gasteiger partial charge in [-0.25, -0.2) is 0 Å². The Morgan fingerprint density at radius 3 is 1.50 bits per heavy atom. The molecule has 5 heterocycles. The Hall–Kier alpha value is -0.980. The highest BCUT2D eigenvalue weighted by Crippen LogP contribution is 2.48. The average molecular weight is 377 g/mol. The SMILES string of the molecule is C.c1csc(-c2cc3sc4cc(-c5cccs5)sc4c3s2)c1. The van der Waals surface area contributed by atoms with Gasteiger partial charge in [-0.3, -0.25) is 0 Å². The lowest BCUT2D eigenvalue weighted by molar-refractivity contribution is 1.97. The van der Waals surface area contributed by atoms with E-state index < -0.39 is 0 Å². The summed E-state index contributed by atoms with van der Waals surface area (Å²) in [5, 5.41) is 4.30. The molecule has 5 aromatic heterocycles. The molecule has 5 aromatic rings. The smallest absolute Gasteiger partial charge is 0.0636 e. The van der Waals surface area contributed by atoms with Crippen LogP contribution in [0.4, 0.5) is 0 Å². The van der Waals surface area contributed by atoms with Gasteiger partial charge in [-0.15, -0.1) is 56.7 Å². The van der Waals surface area contributed by atoms with Crippen LogP contribution in [-0.2, 0) is 0 Å². The highest BCUT2D eigenvalue weighted by molar-refractivity contribution is 7.41. The number of rotatable bonds is 2. The summed E-state index contributed by atoms with van der Waals surface area (Å²) in [6.07, 6.45) is 0. The lowest BCUT2D eigenvalue weighted by atomic mass is 10.3. The fourth-order valence-corrected chi connectivity index (χ4v) is 8.09. The Bertz CT molecular complexity index is 939. The van der Waals surface area contributed by atoms with Crippen LogP contribution in [-0.4, -0.2) is 0 Å². The third kappa shape index (κ3) is 2.20. The maximum Gasteiger partial charge on any atom is 0.0636 e. The molecule has 0 unspecified atom stereocenters. The first-order valence-electron chi connectivity index (χ1n) is 6.42. The maximum atomic E-state index is 2.36. The summed E-state index contributed by atoms with van der Waals surface area (Å²) < 4.78 is 5.79. The first-order valence-corrected chi connectivity index (χ1v) is 10.6. The first kappa shape index (κ1) is 14.6. The second-order valence-corrected chi connectivity index (χ2v) is 9.75. The van der Waals surface area contributed by atoms with Crippen molar-refractivity contribution >= 4 is 75.5 Å². The van der Waals surface area contributed by atoms with E-state index in [-0.39, 0.29) is 7.43 Å². The Morgan fingerprint density at radius 2 is 1.09 bits per heavy atom. The van der Waals surface area contributed by atoms with Crippen molar-refractivity contribution in [1.29, 1.82) is 0 Å². The van der Waals surface area contributed by atoms with Gasteiger partial charge in [0, 0.05) is 28.9 Å². The summed E-state index contributed by atoms with van der Waals surface area (Å²) in [6.45, 7) is 0.